The molecular weight excluding hydrogens is 224 g/mol. The highest BCUT2D eigenvalue weighted by Gasteiger charge is 2.19. The highest BCUT2D eigenvalue weighted by Crippen LogP contribution is 2.27. The van der Waals surface area contributed by atoms with Gasteiger partial charge < -0.3 is 0 Å². The van der Waals surface area contributed by atoms with Crippen molar-refractivity contribution < 1.29 is 0 Å². The summed E-state index contributed by atoms with van der Waals surface area (Å²) in [7, 11) is 0. The molecule has 3 N–H and O–H groups in total. The Balaban J connectivity index is 2.93. The molecule has 0 bridgehead atoms. The fraction of sp³-hybridized carbons (Fsp3) is 0.727. The van der Waals surface area contributed by atoms with Crippen LogP contribution in [0.25, 0.3) is 0 Å². The Labute approximate surface area is 102 Å². The highest BCUT2D eigenvalue weighted by atomic mass is 35.5. The minimum atomic E-state index is 0.0709. The average Bonchev–Trinajstić information content (AvgIpc) is 2.57. The van der Waals surface area contributed by atoms with Gasteiger partial charge in [-0.3, -0.25) is 16.0 Å². The SMILES string of the molecule is CCCn1ncc(Cl)c1C(CC(C)C)NN. The number of nitrogens with zero attached hydrogens (tertiary/aromatic N) is 2. The van der Waals surface area contributed by atoms with E-state index in [-0.39, 0.29) is 6.04 Å². The van der Waals surface area contributed by atoms with Gasteiger partial charge in [0.1, 0.15) is 0 Å². The van der Waals surface area contributed by atoms with Crippen molar-refractivity contribution in [1.29, 1.82) is 0 Å². The van der Waals surface area contributed by atoms with E-state index in [0.717, 1.165) is 25.1 Å². The lowest BCUT2D eigenvalue weighted by Gasteiger charge is -2.20. The molecule has 0 saturated heterocycles. The summed E-state index contributed by atoms with van der Waals surface area (Å²) in [5.74, 6) is 6.15. The summed E-state index contributed by atoms with van der Waals surface area (Å²) in [5, 5.41) is 4.96. The molecule has 1 unspecified atom stereocenters. The summed E-state index contributed by atoms with van der Waals surface area (Å²) >= 11 is 6.16. The second-order valence-corrected chi connectivity index (χ2v) is 4.86. The summed E-state index contributed by atoms with van der Waals surface area (Å²) in [5.41, 5.74) is 3.83. The number of hydrazine groups is 1. The van der Waals surface area contributed by atoms with Crippen molar-refractivity contribution in [3.8, 4) is 0 Å². The van der Waals surface area contributed by atoms with Gasteiger partial charge in [0.05, 0.1) is 23.0 Å². The fourth-order valence-electron chi connectivity index (χ4n) is 1.84. The number of hydrogen-bond donors (Lipinski definition) is 2. The molecule has 4 nitrogen and oxygen atoms in total. The van der Waals surface area contributed by atoms with E-state index in [0.29, 0.717) is 10.9 Å². The van der Waals surface area contributed by atoms with Crippen LogP contribution in [0.2, 0.25) is 5.02 Å². The standard InChI is InChI=1S/C11H21ClN4/c1-4-5-16-11(9(12)7-14-16)10(15-13)6-8(2)3/h7-8,10,15H,4-6,13H2,1-3H3. The summed E-state index contributed by atoms with van der Waals surface area (Å²) in [6, 6.07) is 0.0709. The summed E-state index contributed by atoms with van der Waals surface area (Å²) in [6.45, 7) is 7.32. The molecule has 16 heavy (non-hydrogen) atoms. The number of aryl methyl sites for hydroxylation is 1. The Morgan fingerprint density at radius 3 is 2.75 bits per heavy atom. The molecule has 0 radical (unpaired) electrons. The van der Waals surface area contributed by atoms with Crippen LogP contribution in [0.5, 0.6) is 0 Å². The van der Waals surface area contributed by atoms with E-state index >= 15 is 0 Å². The molecule has 1 aromatic heterocycles. The minimum Gasteiger partial charge on any atom is -0.271 e. The lowest BCUT2D eigenvalue weighted by Crippen LogP contribution is -2.31. The Kier molecular flexibility index (Phi) is 5.25. The molecule has 0 amide bonds. The highest BCUT2D eigenvalue weighted by molar-refractivity contribution is 6.31. The first-order valence-electron chi connectivity index (χ1n) is 5.77. The van der Waals surface area contributed by atoms with E-state index in [1.54, 1.807) is 6.20 Å². The maximum absolute atomic E-state index is 6.16. The zero-order valence-electron chi connectivity index (χ0n) is 10.2. The Hall–Kier alpha value is -0.580. The van der Waals surface area contributed by atoms with Gasteiger partial charge in [-0.1, -0.05) is 32.4 Å². The van der Waals surface area contributed by atoms with Gasteiger partial charge in [-0.25, -0.2) is 0 Å². The van der Waals surface area contributed by atoms with Crippen LogP contribution in [0.15, 0.2) is 6.20 Å². The molecule has 1 rings (SSSR count). The molecule has 0 saturated carbocycles. The van der Waals surface area contributed by atoms with Crippen LogP contribution in [0.1, 0.15) is 45.3 Å². The average molecular weight is 245 g/mol. The molecule has 0 spiro atoms. The summed E-state index contributed by atoms with van der Waals surface area (Å²) < 4.78 is 1.94. The zero-order valence-corrected chi connectivity index (χ0v) is 11.0. The second-order valence-electron chi connectivity index (χ2n) is 4.45. The first-order chi connectivity index (χ1) is 7.60. The van der Waals surface area contributed by atoms with Gasteiger partial charge in [-0.2, -0.15) is 5.10 Å². The minimum absolute atomic E-state index is 0.0709. The van der Waals surface area contributed by atoms with E-state index in [9.17, 15) is 0 Å². The van der Waals surface area contributed by atoms with E-state index in [2.05, 4.69) is 31.3 Å². The molecule has 1 aromatic rings. The maximum Gasteiger partial charge on any atom is 0.0834 e. The van der Waals surface area contributed by atoms with Gasteiger partial charge in [0.25, 0.3) is 0 Å². The van der Waals surface area contributed by atoms with Crippen molar-refractivity contribution in [1.82, 2.24) is 15.2 Å². The second kappa shape index (κ2) is 6.23. The predicted molar refractivity (Wildman–Crippen MR) is 67.0 cm³/mol. The van der Waals surface area contributed by atoms with Gasteiger partial charge in [-0.15, -0.1) is 0 Å². The van der Waals surface area contributed by atoms with Crippen molar-refractivity contribution in [2.45, 2.75) is 46.2 Å². The molecule has 0 fully saturated rings. The van der Waals surface area contributed by atoms with E-state index in [1.165, 1.54) is 0 Å². The molecule has 0 aliphatic rings. The largest absolute Gasteiger partial charge is 0.271 e. The third-order valence-electron chi connectivity index (χ3n) is 2.51. The smallest absolute Gasteiger partial charge is 0.0834 e. The van der Waals surface area contributed by atoms with Crippen LogP contribution in [0, 0.1) is 5.92 Å². The normalized spacial score (nSPS) is 13.4. The van der Waals surface area contributed by atoms with Crippen molar-refractivity contribution >= 4 is 11.6 Å². The molecule has 92 valence electrons. The van der Waals surface area contributed by atoms with Gasteiger partial charge >= 0.3 is 0 Å². The van der Waals surface area contributed by atoms with Crippen molar-refractivity contribution in [3.05, 3.63) is 16.9 Å². The number of nitrogens with two attached hydrogens (primary N) is 1. The molecule has 0 aromatic carbocycles. The third-order valence-corrected chi connectivity index (χ3v) is 2.80. The number of aromatic nitrogens is 2. The van der Waals surface area contributed by atoms with Crippen LogP contribution < -0.4 is 11.3 Å². The van der Waals surface area contributed by atoms with Crippen LogP contribution >= 0.6 is 11.6 Å². The maximum atomic E-state index is 6.16. The van der Waals surface area contributed by atoms with E-state index < -0.39 is 0 Å². The Morgan fingerprint density at radius 2 is 2.25 bits per heavy atom. The molecule has 5 heteroatoms. The quantitative estimate of drug-likeness (QED) is 0.597. The van der Waals surface area contributed by atoms with Crippen molar-refractivity contribution in [2.24, 2.45) is 11.8 Å². The summed E-state index contributed by atoms with van der Waals surface area (Å²) in [4.78, 5) is 0. The lowest BCUT2D eigenvalue weighted by molar-refractivity contribution is 0.406. The number of rotatable bonds is 6. The van der Waals surface area contributed by atoms with Gasteiger partial charge in [-0.05, 0) is 18.8 Å². The van der Waals surface area contributed by atoms with Gasteiger partial charge in [0, 0.05) is 6.54 Å². The Morgan fingerprint density at radius 1 is 1.56 bits per heavy atom. The van der Waals surface area contributed by atoms with Crippen molar-refractivity contribution in [2.75, 3.05) is 0 Å². The van der Waals surface area contributed by atoms with Gasteiger partial charge in [0.2, 0.25) is 0 Å². The number of halogens is 1. The molecule has 1 atom stereocenters. The lowest BCUT2D eigenvalue weighted by atomic mass is 10.0. The Bertz CT molecular complexity index is 322. The zero-order chi connectivity index (χ0) is 12.1. The van der Waals surface area contributed by atoms with Gasteiger partial charge in [0.15, 0.2) is 0 Å². The van der Waals surface area contributed by atoms with Crippen LogP contribution in [-0.4, -0.2) is 9.78 Å². The summed E-state index contributed by atoms with van der Waals surface area (Å²) in [6.07, 6.45) is 3.67. The first kappa shape index (κ1) is 13.5. The monoisotopic (exact) mass is 244 g/mol. The molecule has 1 heterocycles. The number of hydrogen-bond acceptors (Lipinski definition) is 3. The first-order valence-corrected chi connectivity index (χ1v) is 6.15. The van der Waals surface area contributed by atoms with E-state index in [1.807, 2.05) is 4.68 Å². The topological polar surface area (TPSA) is 55.9 Å². The van der Waals surface area contributed by atoms with Crippen LogP contribution in [0.3, 0.4) is 0 Å². The number of nitrogens with one attached hydrogen (secondary N) is 1. The molecule has 0 aliphatic heterocycles. The van der Waals surface area contributed by atoms with E-state index in [4.69, 9.17) is 17.4 Å². The van der Waals surface area contributed by atoms with Crippen molar-refractivity contribution in [3.63, 3.8) is 0 Å². The third kappa shape index (κ3) is 3.20. The van der Waals surface area contributed by atoms with Crippen LogP contribution in [0.4, 0.5) is 0 Å². The molecule has 0 aliphatic carbocycles. The fourth-order valence-corrected chi connectivity index (χ4v) is 2.11. The predicted octanol–water partition coefficient (Wildman–Crippen LogP) is 2.50. The van der Waals surface area contributed by atoms with Crippen LogP contribution in [-0.2, 0) is 6.54 Å². The molecular formula is C11H21ClN4.